The summed E-state index contributed by atoms with van der Waals surface area (Å²) in [4.78, 5) is 16.7. The molecular formula is C18H28N4O3S. The highest BCUT2D eigenvalue weighted by molar-refractivity contribution is 7.89. The third kappa shape index (κ3) is 5.18. The number of primary sulfonamides is 1. The standard InChI is InChI=1S/C18H28N4O3S/c19-26(24,25)17-7-5-15(6-8-17)9-10-21-11-13-22(14-12-21)18(23)20-16-3-1-2-4-16/h5-8,16H,1-4,9-14H2,(H,20,23)(H2,19,24,25). The summed E-state index contributed by atoms with van der Waals surface area (Å²) in [6.45, 7) is 4.14. The average molecular weight is 381 g/mol. The molecule has 2 fully saturated rings. The first-order valence-electron chi connectivity index (χ1n) is 9.31. The van der Waals surface area contributed by atoms with Crippen molar-refractivity contribution in [3.63, 3.8) is 0 Å². The average Bonchev–Trinajstić information content (AvgIpc) is 3.13. The van der Waals surface area contributed by atoms with Gasteiger partial charge in [0.05, 0.1) is 4.90 Å². The van der Waals surface area contributed by atoms with Crippen LogP contribution in [0.15, 0.2) is 29.2 Å². The van der Waals surface area contributed by atoms with Crippen LogP contribution in [0.1, 0.15) is 31.2 Å². The number of rotatable bonds is 5. The molecule has 0 spiro atoms. The highest BCUT2D eigenvalue weighted by Crippen LogP contribution is 2.18. The first kappa shape index (κ1) is 19.1. The van der Waals surface area contributed by atoms with Crippen molar-refractivity contribution in [3.05, 3.63) is 29.8 Å². The maximum Gasteiger partial charge on any atom is 0.317 e. The Morgan fingerprint density at radius 3 is 2.27 bits per heavy atom. The molecule has 0 bridgehead atoms. The second-order valence-corrected chi connectivity index (χ2v) is 8.76. The molecule has 8 heteroatoms. The van der Waals surface area contributed by atoms with E-state index >= 15 is 0 Å². The van der Waals surface area contributed by atoms with Gasteiger partial charge in [0.1, 0.15) is 0 Å². The van der Waals surface area contributed by atoms with Crippen LogP contribution in [-0.2, 0) is 16.4 Å². The van der Waals surface area contributed by atoms with Crippen LogP contribution in [0.25, 0.3) is 0 Å². The van der Waals surface area contributed by atoms with Crippen LogP contribution in [0.5, 0.6) is 0 Å². The van der Waals surface area contributed by atoms with E-state index in [-0.39, 0.29) is 10.9 Å². The van der Waals surface area contributed by atoms with E-state index in [4.69, 9.17) is 5.14 Å². The highest BCUT2D eigenvalue weighted by atomic mass is 32.2. The van der Waals surface area contributed by atoms with E-state index < -0.39 is 10.0 Å². The largest absolute Gasteiger partial charge is 0.335 e. The molecule has 0 radical (unpaired) electrons. The van der Waals surface area contributed by atoms with Crippen molar-refractivity contribution < 1.29 is 13.2 Å². The molecule has 1 saturated heterocycles. The highest BCUT2D eigenvalue weighted by Gasteiger charge is 2.24. The van der Waals surface area contributed by atoms with Crippen molar-refractivity contribution in [2.75, 3.05) is 32.7 Å². The van der Waals surface area contributed by atoms with Crippen LogP contribution >= 0.6 is 0 Å². The molecule has 0 aromatic heterocycles. The first-order chi connectivity index (χ1) is 12.4. The number of sulfonamides is 1. The fraction of sp³-hybridized carbons (Fsp3) is 0.611. The van der Waals surface area contributed by atoms with Gasteiger partial charge in [-0.15, -0.1) is 0 Å². The first-order valence-corrected chi connectivity index (χ1v) is 10.9. The lowest BCUT2D eigenvalue weighted by molar-refractivity contribution is 0.138. The van der Waals surface area contributed by atoms with Gasteiger partial charge in [-0.25, -0.2) is 18.4 Å². The minimum Gasteiger partial charge on any atom is -0.335 e. The second-order valence-electron chi connectivity index (χ2n) is 7.20. The fourth-order valence-corrected chi connectivity index (χ4v) is 4.16. The van der Waals surface area contributed by atoms with Crippen molar-refractivity contribution in [3.8, 4) is 0 Å². The van der Waals surface area contributed by atoms with Crippen molar-refractivity contribution in [1.29, 1.82) is 0 Å². The summed E-state index contributed by atoms with van der Waals surface area (Å²) in [6, 6.07) is 7.16. The molecule has 3 N–H and O–H groups in total. The summed E-state index contributed by atoms with van der Waals surface area (Å²) < 4.78 is 22.6. The minimum absolute atomic E-state index is 0.0788. The van der Waals surface area contributed by atoms with Crippen LogP contribution in [0, 0.1) is 0 Å². The molecule has 0 unspecified atom stereocenters. The van der Waals surface area contributed by atoms with Gasteiger partial charge in [-0.3, -0.25) is 4.90 Å². The Morgan fingerprint density at radius 1 is 1.08 bits per heavy atom. The number of hydrogen-bond donors (Lipinski definition) is 2. The van der Waals surface area contributed by atoms with Gasteiger partial charge < -0.3 is 10.2 Å². The second kappa shape index (κ2) is 8.37. The summed E-state index contributed by atoms with van der Waals surface area (Å²) in [5, 5.41) is 8.26. The Hall–Kier alpha value is -1.64. The Morgan fingerprint density at radius 2 is 1.69 bits per heavy atom. The third-order valence-electron chi connectivity index (χ3n) is 5.31. The number of nitrogens with zero attached hydrogens (tertiary/aromatic N) is 2. The number of urea groups is 1. The topological polar surface area (TPSA) is 95.7 Å². The number of hydrogen-bond acceptors (Lipinski definition) is 4. The summed E-state index contributed by atoms with van der Waals surface area (Å²) in [6.07, 6.45) is 5.50. The van der Waals surface area contributed by atoms with Crippen LogP contribution in [0.4, 0.5) is 4.79 Å². The van der Waals surface area contributed by atoms with Crippen LogP contribution in [0.2, 0.25) is 0 Å². The van der Waals surface area contributed by atoms with Crippen molar-refractivity contribution in [2.45, 2.75) is 43.0 Å². The number of benzene rings is 1. The lowest BCUT2D eigenvalue weighted by Crippen LogP contribution is -2.53. The Bertz CT molecular complexity index is 706. The normalized spacial score (nSPS) is 19.7. The van der Waals surface area contributed by atoms with Crippen LogP contribution in [0.3, 0.4) is 0 Å². The number of nitrogens with two attached hydrogens (primary N) is 1. The number of piperazine rings is 1. The van der Waals surface area contributed by atoms with Crippen molar-refractivity contribution >= 4 is 16.1 Å². The van der Waals surface area contributed by atoms with E-state index in [0.29, 0.717) is 6.04 Å². The molecular weight excluding hydrogens is 352 g/mol. The van der Waals surface area contributed by atoms with E-state index in [9.17, 15) is 13.2 Å². The van der Waals surface area contributed by atoms with E-state index in [2.05, 4.69) is 10.2 Å². The molecule has 2 amide bonds. The molecule has 1 saturated carbocycles. The van der Waals surface area contributed by atoms with Gasteiger partial charge in [0.2, 0.25) is 10.0 Å². The van der Waals surface area contributed by atoms with Gasteiger partial charge in [0.25, 0.3) is 0 Å². The fourth-order valence-electron chi connectivity index (χ4n) is 3.64. The Balaban J connectivity index is 1.40. The zero-order chi connectivity index (χ0) is 18.6. The summed E-state index contributed by atoms with van der Waals surface area (Å²) >= 11 is 0. The van der Waals surface area contributed by atoms with Crippen LogP contribution in [-0.4, -0.2) is 63.0 Å². The maximum absolute atomic E-state index is 12.3. The summed E-state index contributed by atoms with van der Waals surface area (Å²) in [5.41, 5.74) is 1.08. The zero-order valence-corrected chi connectivity index (χ0v) is 15.9. The van der Waals surface area contributed by atoms with Crippen molar-refractivity contribution in [2.24, 2.45) is 5.14 Å². The van der Waals surface area contributed by atoms with Gasteiger partial charge in [-0.2, -0.15) is 0 Å². The molecule has 26 heavy (non-hydrogen) atoms. The lowest BCUT2D eigenvalue weighted by atomic mass is 10.1. The van der Waals surface area contributed by atoms with E-state index in [1.165, 1.54) is 12.8 Å². The lowest BCUT2D eigenvalue weighted by Gasteiger charge is -2.35. The molecule has 3 rings (SSSR count). The monoisotopic (exact) mass is 380 g/mol. The molecule has 1 aromatic carbocycles. The maximum atomic E-state index is 12.3. The van der Waals surface area contributed by atoms with E-state index in [1.54, 1.807) is 12.1 Å². The van der Waals surface area contributed by atoms with Gasteiger partial charge in [0.15, 0.2) is 0 Å². The molecule has 1 aromatic rings. The molecule has 1 heterocycles. The predicted molar refractivity (Wildman–Crippen MR) is 100 cm³/mol. The molecule has 144 valence electrons. The van der Waals surface area contributed by atoms with Gasteiger partial charge >= 0.3 is 6.03 Å². The minimum atomic E-state index is -3.63. The van der Waals surface area contributed by atoms with Crippen LogP contribution < -0.4 is 10.5 Å². The van der Waals surface area contributed by atoms with Crippen molar-refractivity contribution in [1.82, 2.24) is 15.1 Å². The number of amides is 2. The van der Waals surface area contributed by atoms with Gasteiger partial charge in [0, 0.05) is 38.8 Å². The molecule has 7 nitrogen and oxygen atoms in total. The molecule has 2 aliphatic rings. The Kier molecular flexibility index (Phi) is 6.16. The van der Waals surface area contributed by atoms with Gasteiger partial charge in [-0.1, -0.05) is 25.0 Å². The van der Waals surface area contributed by atoms with E-state index in [0.717, 1.165) is 57.5 Å². The Labute approximate surface area is 155 Å². The summed E-state index contributed by atoms with van der Waals surface area (Å²) in [5.74, 6) is 0. The number of nitrogens with one attached hydrogen (secondary N) is 1. The smallest absolute Gasteiger partial charge is 0.317 e. The number of carbonyl (C=O) groups excluding carboxylic acids is 1. The predicted octanol–water partition coefficient (Wildman–Crippen LogP) is 1.15. The molecule has 0 atom stereocenters. The molecule has 1 aliphatic carbocycles. The SMILES string of the molecule is NS(=O)(=O)c1ccc(CCN2CCN(C(=O)NC3CCCC3)CC2)cc1. The summed E-state index contributed by atoms with van der Waals surface area (Å²) in [7, 11) is -3.63. The van der Waals surface area contributed by atoms with E-state index in [1.807, 2.05) is 17.0 Å². The third-order valence-corrected chi connectivity index (χ3v) is 6.24. The molecule has 1 aliphatic heterocycles. The quantitative estimate of drug-likeness (QED) is 0.801. The zero-order valence-electron chi connectivity index (χ0n) is 15.1. The number of carbonyl (C=O) groups is 1. The van der Waals surface area contributed by atoms with Gasteiger partial charge in [-0.05, 0) is 37.0 Å².